The van der Waals surface area contributed by atoms with Crippen LogP contribution in [0.4, 0.5) is 5.82 Å². The average Bonchev–Trinajstić information content (AvgIpc) is 2.93. The molecule has 2 heterocycles. The number of nitrogens with one attached hydrogen (secondary N) is 2. The van der Waals surface area contributed by atoms with Crippen molar-refractivity contribution in [1.29, 1.82) is 5.26 Å². The number of nitrogens with zero attached hydrogens (tertiary/aromatic N) is 3. The summed E-state index contributed by atoms with van der Waals surface area (Å²) < 4.78 is 5.81. The number of nitriles is 1. The molecule has 0 radical (unpaired) electrons. The molecule has 4 rings (SSSR count). The van der Waals surface area contributed by atoms with Crippen LogP contribution in [0.3, 0.4) is 0 Å². The second kappa shape index (κ2) is 12.9. The van der Waals surface area contributed by atoms with E-state index in [1.54, 1.807) is 24.5 Å². The summed E-state index contributed by atoms with van der Waals surface area (Å²) in [4.78, 5) is 20.6. The van der Waals surface area contributed by atoms with Crippen molar-refractivity contribution in [3.8, 4) is 6.07 Å². The number of rotatable bonds is 13. The van der Waals surface area contributed by atoms with Gasteiger partial charge in [-0.1, -0.05) is 23.7 Å². The number of fused-ring (bicyclic) bond motifs is 3. The van der Waals surface area contributed by atoms with Gasteiger partial charge in [-0.15, -0.1) is 0 Å². The molecule has 0 saturated heterocycles. The number of hydrogen-bond donors (Lipinski definition) is 3. The second-order valence-electron chi connectivity index (χ2n) is 9.99. The van der Waals surface area contributed by atoms with Crippen LogP contribution < -0.4 is 16.4 Å². The molecule has 0 unspecified atom stereocenters. The zero-order valence-electron chi connectivity index (χ0n) is 22.3. The number of aromatic nitrogens is 2. The minimum Gasteiger partial charge on any atom is -0.380 e. The lowest BCUT2D eigenvalue weighted by molar-refractivity contribution is 0.100. The number of hydrogen-bond acceptors (Lipinski definition) is 7. The molecule has 2 aromatic carbocycles. The van der Waals surface area contributed by atoms with E-state index >= 15 is 0 Å². The number of pyridine rings is 2. The van der Waals surface area contributed by atoms with Crippen LogP contribution in [0.15, 0.2) is 54.9 Å². The fraction of sp³-hybridized carbons (Fsp3) is 0.333. The molecule has 39 heavy (non-hydrogen) atoms. The summed E-state index contributed by atoms with van der Waals surface area (Å²) in [7, 11) is 0. The number of benzene rings is 2. The Bertz CT molecular complexity index is 1520. The lowest BCUT2D eigenvalue weighted by Gasteiger charge is -2.17. The molecule has 4 N–H and O–H groups in total. The molecule has 2 aromatic heterocycles. The van der Waals surface area contributed by atoms with Crippen LogP contribution in [-0.2, 0) is 16.7 Å². The maximum absolute atomic E-state index is 11.6. The third-order valence-electron chi connectivity index (χ3n) is 6.60. The Kier molecular flexibility index (Phi) is 9.31. The molecule has 0 aliphatic rings. The fourth-order valence-corrected chi connectivity index (χ4v) is 4.60. The summed E-state index contributed by atoms with van der Waals surface area (Å²) in [6.45, 7) is 7.15. The van der Waals surface area contributed by atoms with Crippen LogP contribution in [0.5, 0.6) is 0 Å². The molecule has 0 aliphatic heterocycles. The third-order valence-corrected chi connectivity index (χ3v) is 6.82. The molecule has 0 saturated carbocycles. The highest BCUT2D eigenvalue weighted by molar-refractivity contribution is 6.30. The van der Waals surface area contributed by atoms with E-state index in [-0.39, 0.29) is 0 Å². The molecule has 9 heteroatoms. The van der Waals surface area contributed by atoms with Gasteiger partial charge >= 0.3 is 0 Å². The number of halogens is 1. The SMILES string of the molecule is CC(C)(C#N)c1cc(Cl)cc(CNCCCCOCCNc2nc3cc(C(N)=O)ccc3c3cnccc23)c1. The monoisotopic (exact) mass is 544 g/mol. The average molecular weight is 545 g/mol. The molecule has 0 aliphatic carbocycles. The highest BCUT2D eigenvalue weighted by Gasteiger charge is 2.20. The summed E-state index contributed by atoms with van der Waals surface area (Å²) in [5.74, 6) is 0.234. The zero-order chi connectivity index (χ0) is 27.8. The van der Waals surface area contributed by atoms with Crippen molar-refractivity contribution in [2.45, 2.75) is 38.6 Å². The molecular weight excluding hydrogens is 512 g/mol. The van der Waals surface area contributed by atoms with Crippen LogP contribution in [0.25, 0.3) is 21.7 Å². The van der Waals surface area contributed by atoms with Crippen molar-refractivity contribution in [3.05, 3.63) is 76.6 Å². The van der Waals surface area contributed by atoms with E-state index < -0.39 is 11.3 Å². The van der Waals surface area contributed by atoms with Crippen molar-refractivity contribution < 1.29 is 9.53 Å². The number of amides is 1. The van der Waals surface area contributed by atoms with E-state index in [0.29, 0.717) is 42.4 Å². The van der Waals surface area contributed by atoms with Gasteiger partial charge in [-0.2, -0.15) is 5.26 Å². The van der Waals surface area contributed by atoms with Crippen LogP contribution in [0.1, 0.15) is 48.2 Å². The topological polar surface area (TPSA) is 126 Å². The van der Waals surface area contributed by atoms with E-state index in [1.165, 1.54) is 0 Å². The van der Waals surface area contributed by atoms with Crippen LogP contribution in [0.2, 0.25) is 5.02 Å². The van der Waals surface area contributed by atoms with E-state index in [2.05, 4.69) is 21.7 Å². The molecule has 0 bridgehead atoms. The molecule has 1 amide bonds. The van der Waals surface area contributed by atoms with Gasteiger partial charge in [-0.05, 0) is 74.7 Å². The Balaban J connectivity index is 1.20. The van der Waals surface area contributed by atoms with Gasteiger partial charge in [-0.3, -0.25) is 9.78 Å². The second-order valence-corrected chi connectivity index (χ2v) is 10.4. The van der Waals surface area contributed by atoms with Crippen LogP contribution >= 0.6 is 11.6 Å². The maximum atomic E-state index is 11.6. The Morgan fingerprint density at radius 3 is 2.72 bits per heavy atom. The minimum atomic E-state index is -0.574. The van der Waals surface area contributed by atoms with E-state index in [1.807, 2.05) is 44.2 Å². The Labute approximate surface area is 233 Å². The third kappa shape index (κ3) is 7.21. The minimum absolute atomic E-state index is 0.419. The smallest absolute Gasteiger partial charge is 0.248 e. The molecule has 4 aromatic rings. The lowest BCUT2D eigenvalue weighted by Crippen LogP contribution is -2.18. The zero-order valence-corrected chi connectivity index (χ0v) is 23.0. The normalized spacial score (nSPS) is 11.5. The molecule has 0 fully saturated rings. The predicted octanol–water partition coefficient (Wildman–Crippen LogP) is 5.33. The summed E-state index contributed by atoms with van der Waals surface area (Å²) in [6.07, 6.45) is 5.46. The molecular formula is C30H33ClN6O2. The van der Waals surface area contributed by atoms with Gasteiger partial charge in [0.1, 0.15) is 5.82 Å². The Morgan fingerprint density at radius 1 is 1.08 bits per heavy atom. The van der Waals surface area contributed by atoms with Gasteiger partial charge in [0, 0.05) is 58.8 Å². The van der Waals surface area contributed by atoms with Gasteiger partial charge in [0.15, 0.2) is 0 Å². The van der Waals surface area contributed by atoms with E-state index in [0.717, 1.165) is 52.5 Å². The van der Waals surface area contributed by atoms with Gasteiger partial charge < -0.3 is 21.1 Å². The number of unbranched alkanes of at least 4 members (excludes halogenated alkanes) is 1. The summed E-state index contributed by atoms with van der Waals surface area (Å²) >= 11 is 6.26. The number of ether oxygens (including phenoxy) is 1. The van der Waals surface area contributed by atoms with Crippen molar-refractivity contribution >= 4 is 45.0 Å². The highest BCUT2D eigenvalue weighted by Crippen LogP contribution is 2.29. The summed E-state index contributed by atoms with van der Waals surface area (Å²) in [5, 5.41) is 19.7. The van der Waals surface area contributed by atoms with E-state index in [9.17, 15) is 10.1 Å². The largest absolute Gasteiger partial charge is 0.380 e. The van der Waals surface area contributed by atoms with Gasteiger partial charge in [0.25, 0.3) is 0 Å². The van der Waals surface area contributed by atoms with E-state index in [4.69, 9.17) is 27.1 Å². The summed E-state index contributed by atoms with van der Waals surface area (Å²) in [5.41, 5.74) is 7.97. The summed E-state index contributed by atoms with van der Waals surface area (Å²) in [6, 6.07) is 15.4. The molecule has 0 spiro atoms. The number of carbonyl (C=O) groups is 1. The maximum Gasteiger partial charge on any atom is 0.248 e. The van der Waals surface area contributed by atoms with Crippen LogP contribution in [-0.4, -0.2) is 42.2 Å². The quantitative estimate of drug-likeness (QED) is 0.153. The first kappa shape index (κ1) is 28.2. The fourth-order valence-electron chi connectivity index (χ4n) is 4.34. The molecule has 8 nitrogen and oxygen atoms in total. The molecule has 202 valence electrons. The van der Waals surface area contributed by atoms with Crippen molar-refractivity contribution in [2.75, 3.05) is 31.6 Å². The first-order chi connectivity index (χ1) is 18.8. The predicted molar refractivity (Wildman–Crippen MR) is 156 cm³/mol. The Hall–Kier alpha value is -3.77. The van der Waals surface area contributed by atoms with Crippen molar-refractivity contribution in [1.82, 2.24) is 15.3 Å². The van der Waals surface area contributed by atoms with Gasteiger partial charge in [0.05, 0.1) is 23.6 Å². The van der Waals surface area contributed by atoms with Crippen LogP contribution in [0, 0.1) is 11.3 Å². The lowest BCUT2D eigenvalue weighted by atomic mass is 9.85. The number of carbonyl (C=O) groups excluding carboxylic acids is 1. The first-order valence-corrected chi connectivity index (χ1v) is 13.4. The van der Waals surface area contributed by atoms with Gasteiger partial charge in [-0.25, -0.2) is 4.98 Å². The standard InChI is InChI=1S/C30H33ClN6O2/c1-30(2,19-32)22-13-20(14-23(31)16-22)17-34-8-3-4-11-39-12-10-36-29-25-7-9-35-18-26(25)24-6-5-21(28(33)38)15-27(24)37-29/h5-7,9,13-16,18,34H,3-4,8,10-12,17H2,1-2H3,(H2,33,38)(H,36,37). The first-order valence-electron chi connectivity index (χ1n) is 13.0. The highest BCUT2D eigenvalue weighted by atomic mass is 35.5. The number of primary amides is 1. The Morgan fingerprint density at radius 2 is 1.92 bits per heavy atom. The van der Waals surface area contributed by atoms with Crippen molar-refractivity contribution in [3.63, 3.8) is 0 Å². The van der Waals surface area contributed by atoms with Crippen molar-refractivity contribution in [2.24, 2.45) is 5.73 Å². The number of nitrogens with two attached hydrogens (primary N) is 1. The molecule has 0 atom stereocenters. The number of anilines is 1. The van der Waals surface area contributed by atoms with Gasteiger partial charge in [0.2, 0.25) is 5.91 Å².